The molecule has 2 aromatic heterocycles. The van der Waals surface area contributed by atoms with Gasteiger partial charge in [0.25, 0.3) is 0 Å². The van der Waals surface area contributed by atoms with Crippen molar-refractivity contribution in [1.82, 2.24) is 15.2 Å². The van der Waals surface area contributed by atoms with Gasteiger partial charge in [0.2, 0.25) is 0 Å². The molecule has 56 heavy (non-hydrogen) atoms. The summed E-state index contributed by atoms with van der Waals surface area (Å²) in [6.07, 6.45) is -0.295. The third-order valence-electron chi connectivity index (χ3n) is 11.9. The second-order valence-electron chi connectivity index (χ2n) is 14.8. The number of hydrogen-bond donors (Lipinski definition) is 2. The zero-order valence-corrected chi connectivity index (χ0v) is 31.2. The summed E-state index contributed by atoms with van der Waals surface area (Å²) in [6, 6.07) is 68.5. The molecule has 0 bridgehead atoms. The minimum Gasteiger partial charge on any atom is -0.352 e. The maximum atomic E-state index is 4.22. The smallest absolute Gasteiger partial charge is 0.160 e. The van der Waals surface area contributed by atoms with Crippen LogP contribution in [0, 0.1) is 0 Å². The Labute approximate surface area is 327 Å². The molecule has 2 unspecified atom stereocenters. The molecule has 0 saturated heterocycles. The van der Waals surface area contributed by atoms with Gasteiger partial charge in [-0.05, 0) is 44.3 Å². The van der Waals surface area contributed by atoms with Crippen LogP contribution >= 0.6 is 11.3 Å². The average molecular weight is 734 g/mol. The number of para-hydroxylation sites is 1. The van der Waals surface area contributed by atoms with Crippen molar-refractivity contribution < 1.29 is 0 Å². The predicted molar refractivity (Wildman–Crippen MR) is 239 cm³/mol. The molecule has 2 atom stereocenters. The summed E-state index contributed by atoms with van der Waals surface area (Å²) < 4.78 is 5.25. The first-order valence-electron chi connectivity index (χ1n) is 19.3. The van der Waals surface area contributed by atoms with E-state index in [0.717, 1.165) is 11.3 Å². The molecule has 1 aliphatic rings. The molecule has 0 radical (unpaired) electrons. The van der Waals surface area contributed by atoms with Crippen molar-refractivity contribution in [2.75, 3.05) is 0 Å². The predicted octanol–water partition coefficient (Wildman–Crippen LogP) is 13.6. The summed E-state index contributed by atoms with van der Waals surface area (Å²) in [5.74, 6) is 0. The van der Waals surface area contributed by atoms with E-state index in [9.17, 15) is 0 Å². The van der Waals surface area contributed by atoms with Crippen LogP contribution in [0.15, 0.2) is 188 Å². The number of nitrogens with one attached hydrogen (secondary N) is 2. The minimum atomic E-state index is -0.295. The summed E-state index contributed by atoms with van der Waals surface area (Å²) in [5.41, 5.74) is 8.38. The zero-order valence-electron chi connectivity index (χ0n) is 30.4. The van der Waals surface area contributed by atoms with Gasteiger partial charge >= 0.3 is 0 Å². The van der Waals surface area contributed by atoms with Gasteiger partial charge in [0, 0.05) is 53.0 Å². The van der Waals surface area contributed by atoms with E-state index in [-0.39, 0.29) is 12.3 Å². The SMILES string of the molecule is c1ccc(C2=C(c3ccccc3)C(c3ccccc3)NC(n3c4ccccc4c4c5ccccc5c5sc6c7ccccc7c7ccccc7c6c5c43)N2)cc1. The number of hydrogen-bond acceptors (Lipinski definition) is 3. The van der Waals surface area contributed by atoms with Crippen LogP contribution in [-0.4, -0.2) is 4.57 Å². The lowest BCUT2D eigenvalue weighted by Crippen LogP contribution is -2.44. The van der Waals surface area contributed by atoms with Crippen LogP contribution in [0.3, 0.4) is 0 Å². The highest BCUT2D eigenvalue weighted by Crippen LogP contribution is 2.52. The van der Waals surface area contributed by atoms with Crippen LogP contribution in [0.25, 0.3) is 85.6 Å². The minimum absolute atomic E-state index is 0.101. The van der Waals surface area contributed by atoms with Gasteiger partial charge in [-0.25, -0.2) is 0 Å². The fourth-order valence-electron chi connectivity index (χ4n) is 9.56. The van der Waals surface area contributed by atoms with Crippen LogP contribution in [0.5, 0.6) is 0 Å². The normalized spacial score (nSPS) is 16.2. The third kappa shape index (κ3) is 4.54. The van der Waals surface area contributed by atoms with E-state index in [2.05, 4.69) is 203 Å². The van der Waals surface area contributed by atoms with Gasteiger partial charge in [0.1, 0.15) is 0 Å². The molecule has 0 spiro atoms. The van der Waals surface area contributed by atoms with Crippen molar-refractivity contribution in [2.45, 2.75) is 12.3 Å². The first-order chi connectivity index (χ1) is 27.8. The van der Waals surface area contributed by atoms with Crippen molar-refractivity contribution in [1.29, 1.82) is 0 Å². The van der Waals surface area contributed by atoms with E-state index in [1.54, 1.807) is 0 Å². The van der Waals surface area contributed by atoms with Crippen LogP contribution in [0.4, 0.5) is 0 Å². The van der Waals surface area contributed by atoms with Gasteiger partial charge in [-0.2, -0.15) is 0 Å². The summed E-state index contributed by atoms with van der Waals surface area (Å²) in [4.78, 5) is 0. The number of benzene rings is 9. The molecule has 11 aromatic rings. The van der Waals surface area contributed by atoms with Gasteiger partial charge in [-0.1, -0.05) is 182 Å². The number of rotatable bonds is 4. The fraction of sp³-hybridized carbons (Fsp3) is 0.0385. The summed E-state index contributed by atoms with van der Waals surface area (Å²) in [5, 5.41) is 21.4. The summed E-state index contributed by atoms with van der Waals surface area (Å²) >= 11 is 1.94. The van der Waals surface area contributed by atoms with Gasteiger partial charge in [-0.15, -0.1) is 11.3 Å². The van der Waals surface area contributed by atoms with E-state index in [1.807, 2.05) is 11.3 Å². The van der Waals surface area contributed by atoms with Gasteiger partial charge in [0.05, 0.1) is 17.1 Å². The number of thiophene rings is 1. The molecule has 9 aromatic carbocycles. The van der Waals surface area contributed by atoms with Crippen LogP contribution in [0.1, 0.15) is 29.0 Å². The zero-order chi connectivity index (χ0) is 36.7. The van der Waals surface area contributed by atoms with E-state index in [0.29, 0.717) is 0 Å². The maximum absolute atomic E-state index is 4.22. The summed E-state index contributed by atoms with van der Waals surface area (Å²) in [6.45, 7) is 0. The van der Waals surface area contributed by atoms with Crippen molar-refractivity contribution in [3.8, 4) is 0 Å². The molecule has 3 heterocycles. The second-order valence-corrected chi connectivity index (χ2v) is 15.9. The molecule has 0 fully saturated rings. The Kier molecular flexibility index (Phi) is 7.00. The van der Waals surface area contributed by atoms with Crippen LogP contribution < -0.4 is 10.6 Å². The fourth-order valence-corrected chi connectivity index (χ4v) is 11.0. The third-order valence-corrected chi connectivity index (χ3v) is 13.1. The van der Waals surface area contributed by atoms with Crippen molar-refractivity contribution in [3.63, 3.8) is 0 Å². The Morgan fingerprint density at radius 2 is 0.893 bits per heavy atom. The lowest BCUT2D eigenvalue weighted by Gasteiger charge is -2.39. The van der Waals surface area contributed by atoms with Gasteiger partial charge < -0.3 is 9.88 Å². The van der Waals surface area contributed by atoms with E-state index < -0.39 is 0 Å². The molecule has 2 N–H and O–H groups in total. The molecule has 0 aliphatic carbocycles. The van der Waals surface area contributed by atoms with Gasteiger partial charge in [-0.3, -0.25) is 5.32 Å². The number of nitrogens with zero attached hydrogens (tertiary/aromatic N) is 1. The lowest BCUT2D eigenvalue weighted by molar-refractivity contribution is 0.357. The van der Waals surface area contributed by atoms with Crippen molar-refractivity contribution >= 4 is 96.9 Å². The molecule has 3 nitrogen and oxygen atoms in total. The highest BCUT2D eigenvalue weighted by atomic mass is 32.1. The first-order valence-corrected chi connectivity index (χ1v) is 20.2. The van der Waals surface area contributed by atoms with E-state index in [1.165, 1.54) is 91.0 Å². The van der Waals surface area contributed by atoms with Crippen LogP contribution in [-0.2, 0) is 0 Å². The summed E-state index contributed by atoms with van der Waals surface area (Å²) in [7, 11) is 0. The molecule has 12 rings (SSSR count). The molecule has 4 heteroatoms. The maximum Gasteiger partial charge on any atom is 0.160 e. The Morgan fingerprint density at radius 3 is 1.57 bits per heavy atom. The van der Waals surface area contributed by atoms with Crippen molar-refractivity contribution in [2.24, 2.45) is 0 Å². The van der Waals surface area contributed by atoms with Crippen molar-refractivity contribution in [3.05, 3.63) is 205 Å². The second kappa shape index (κ2) is 12.4. The van der Waals surface area contributed by atoms with Gasteiger partial charge in [0.15, 0.2) is 6.29 Å². The Morgan fingerprint density at radius 1 is 0.411 bits per heavy atom. The standard InChI is InChI=1S/C52H35N3S/c1-4-18-32(19-5-1)43-47(33-20-6-2-7-21-33)53-52(54-48(43)34-22-8-3-9-23-34)55-42-31-17-16-30-41(42)44-38-27-13-15-29-40(38)51-46(49(44)55)45-37-26-12-10-24-35(37)36-25-11-14-28-39(36)50(45)56-51/h1-31,47,52-54H. The number of aromatic nitrogens is 1. The molecular weight excluding hydrogens is 699 g/mol. The lowest BCUT2D eigenvalue weighted by atomic mass is 9.87. The quantitative estimate of drug-likeness (QED) is 0.176. The number of fused-ring (bicyclic) bond motifs is 15. The largest absolute Gasteiger partial charge is 0.352 e. The Balaban J connectivity index is 1.26. The first kappa shape index (κ1) is 31.6. The monoisotopic (exact) mass is 733 g/mol. The van der Waals surface area contributed by atoms with Crippen LogP contribution in [0.2, 0.25) is 0 Å². The topological polar surface area (TPSA) is 29.0 Å². The van der Waals surface area contributed by atoms with E-state index in [4.69, 9.17) is 0 Å². The Bertz CT molecular complexity index is 3360. The molecular formula is C52H35N3S. The molecule has 1 aliphatic heterocycles. The van der Waals surface area contributed by atoms with E-state index >= 15 is 0 Å². The highest BCUT2D eigenvalue weighted by molar-refractivity contribution is 7.28. The average Bonchev–Trinajstić information content (AvgIpc) is 3.85. The molecule has 0 saturated carbocycles. The molecule has 264 valence electrons. The Hall–Kier alpha value is -6.72. The highest BCUT2D eigenvalue weighted by Gasteiger charge is 2.34. The molecule has 0 amide bonds.